The Morgan fingerprint density at radius 2 is 2.21 bits per heavy atom. The van der Waals surface area contributed by atoms with Crippen molar-refractivity contribution in [3.05, 3.63) is 10.4 Å². The number of amides is 1. The smallest absolute Gasteiger partial charge is 0.263 e. The highest BCUT2D eigenvalue weighted by Gasteiger charge is 2.22. The number of nitrogen functional groups attached to an aromatic ring is 1. The van der Waals surface area contributed by atoms with Crippen molar-refractivity contribution >= 4 is 27.9 Å². The van der Waals surface area contributed by atoms with E-state index in [0.717, 1.165) is 25.9 Å². The van der Waals surface area contributed by atoms with Gasteiger partial charge < -0.3 is 21.7 Å². The van der Waals surface area contributed by atoms with Crippen molar-refractivity contribution in [3.63, 3.8) is 0 Å². The van der Waals surface area contributed by atoms with Crippen LogP contribution in [0.3, 0.4) is 0 Å². The lowest BCUT2D eigenvalue weighted by atomic mass is 10.1. The van der Waals surface area contributed by atoms with Crippen molar-refractivity contribution in [2.24, 2.45) is 0 Å². The van der Waals surface area contributed by atoms with Crippen molar-refractivity contribution in [2.45, 2.75) is 18.9 Å². The summed E-state index contributed by atoms with van der Waals surface area (Å²) in [5.41, 5.74) is 6.51. The quantitative estimate of drug-likeness (QED) is 0.653. The van der Waals surface area contributed by atoms with E-state index < -0.39 is 0 Å². The van der Waals surface area contributed by atoms with Crippen LogP contribution in [-0.2, 0) is 0 Å². The van der Waals surface area contributed by atoms with Crippen molar-refractivity contribution in [2.75, 3.05) is 31.2 Å². The van der Waals surface area contributed by atoms with Crippen LogP contribution in [0.2, 0.25) is 0 Å². The molecule has 1 amide bonds. The molecule has 1 aromatic rings. The molecule has 7 heteroatoms. The number of piperidine rings is 1. The Kier molecular flexibility index (Phi) is 4.24. The fraction of sp³-hybridized carbons (Fsp3) is 0.500. The zero-order valence-corrected chi connectivity index (χ0v) is 11.6. The molecule has 0 unspecified atom stereocenters. The summed E-state index contributed by atoms with van der Waals surface area (Å²) in [6.07, 6.45) is 2.00. The Balaban J connectivity index is 2.24. The SMILES string of the molecule is CNC(=O)c1sc(NC2CCNCC2)c(C#N)c1N. The molecule has 102 valence electrons. The lowest BCUT2D eigenvalue weighted by Gasteiger charge is -2.24. The first kappa shape index (κ1) is 13.6. The molecule has 5 N–H and O–H groups in total. The molecule has 1 aliphatic rings. The molecule has 1 fully saturated rings. The number of nitrogens with two attached hydrogens (primary N) is 1. The van der Waals surface area contributed by atoms with E-state index in [9.17, 15) is 10.1 Å². The molecule has 0 bridgehead atoms. The van der Waals surface area contributed by atoms with Crippen LogP contribution in [0.4, 0.5) is 10.7 Å². The first-order valence-corrected chi connectivity index (χ1v) is 7.00. The second-order valence-electron chi connectivity index (χ2n) is 4.41. The normalized spacial score (nSPS) is 15.8. The van der Waals surface area contributed by atoms with E-state index in [1.165, 1.54) is 11.3 Å². The molecule has 0 spiro atoms. The van der Waals surface area contributed by atoms with Crippen LogP contribution >= 0.6 is 11.3 Å². The summed E-state index contributed by atoms with van der Waals surface area (Å²) in [4.78, 5) is 12.1. The first-order valence-electron chi connectivity index (χ1n) is 6.19. The van der Waals surface area contributed by atoms with Gasteiger partial charge in [-0.25, -0.2) is 0 Å². The number of hydrogen-bond acceptors (Lipinski definition) is 6. The Hall–Kier alpha value is -1.78. The van der Waals surface area contributed by atoms with Crippen molar-refractivity contribution in [1.29, 1.82) is 5.26 Å². The molecule has 0 radical (unpaired) electrons. The average Bonchev–Trinajstić information content (AvgIpc) is 2.75. The van der Waals surface area contributed by atoms with Gasteiger partial charge in [-0.15, -0.1) is 11.3 Å². The molecule has 19 heavy (non-hydrogen) atoms. The molecule has 6 nitrogen and oxygen atoms in total. The maximum Gasteiger partial charge on any atom is 0.263 e. The second kappa shape index (κ2) is 5.91. The Labute approximate surface area is 116 Å². The number of anilines is 2. The molecule has 0 atom stereocenters. The molecule has 0 aromatic carbocycles. The fourth-order valence-electron chi connectivity index (χ4n) is 2.09. The minimum absolute atomic E-state index is 0.252. The number of nitrogens with zero attached hydrogens (tertiary/aromatic N) is 1. The maximum atomic E-state index is 11.7. The van der Waals surface area contributed by atoms with Gasteiger partial charge in [-0.3, -0.25) is 4.79 Å². The highest BCUT2D eigenvalue weighted by Crippen LogP contribution is 2.36. The summed E-state index contributed by atoms with van der Waals surface area (Å²) in [5, 5.41) is 19.0. The van der Waals surface area contributed by atoms with Gasteiger partial charge in [-0.2, -0.15) is 5.26 Å². The molecule has 0 aliphatic carbocycles. The van der Waals surface area contributed by atoms with Crippen LogP contribution < -0.4 is 21.7 Å². The molecule has 1 saturated heterocycles. The number of thiophene rings is 1. The number of nitriles is 1. The van der Waals surface area contributed by atoms with Crippen molar-refractivity contribution in [1.82, 2.24) is 10.6 Å². The summed E-state index contributed by atoms with van der Waals surface area (Å²) < 4.78 is 0. The highest BCUT2D eigenvalue weighted by molar-refractivity contribution is 7.18. The third kappa shape index (κ3) is 2.80. The first-order chi connectivity index (χ1) is 9.17. The molecular formula is C12H17N5OS. The maximum absolute atomic E-state index is 11.7. The van der Waals surface area contributed by atoms with Gasteiger partial charge >= 0.3 is 0 Å². The van der Waals surface area contributed by atoms with Crippen LogP contribution in [-0.4, -0.2) is 32.1 Å². The summed E-state index contributed by atoms with van der Waals surface area (Å²) >= 11 is 1.25. The van der Waals surface area contributed by atoms with Gasteiger partial charge in [0.25, 0.3) is 5.91 Å². The number of hydrogen-bond donors (Lipinski definition) is 4. The molecule has 2 rings (SSSR count). The Morgan fingerprint density at radius 1 is 1.53 bits per heavy atom. The standard InChI is InChI=1S/C12H17N5OS/c1-15-11(18)10-9(14)8(6-13)12(19-10)17-7-2-4-16-5-3-7/h7,16-17H,2-5,14H2,1H3,(H,15,18). The average molecular weight is 279 g/mol. The third-order valence-corrected chi connectivity index (χ3v) is 4.30. The topological polar surface area (TPSA) is 103 Å². The lowest BCUT2D eigenvalue weighted by Crippen LogP contribution is -2.35. The number of carbonyl (C=O) groups is 1. The Morgan fingerprint density at radius 3 is 2.79 bits per heavy atom. The number of nitrogens with one attached hydrogen (secondary N) is 3. The van der Waals surface area contributed by atoms with Crippen LogP contribution in [0.25, 0.3) is 0 Å². The van der Waals surface area contributed by atoms with Crippen LogP contribution in [0, 0.1) is 11.3 Å². The van der Waals surface area contributed by atoms with E-state index in [1.54, 1.807) is 7.05 Å². The minimum atomic E-state index is -0.252. The zero-order valence-electron chi connectivity index (χ0n) is 10.7. The molecule has 2 heterocycles. The van der Waals surface area contributed by atoms with Gasteiger partial charge in [-0.05, 0) is 25.9 Å². The Bertz CT molecular complexity index is 513. The van der Waals surface area contributed by atoms with E-state index in [0.29, 0.717) is 21.5 Å². The van der Waals surface area contributed by atoms with Gasteiger partial charge in [0.05, 0.1) is 5.69 Å². The van der Waals surface area contributed by atoms with Gasteiger partial charge in [0.15, 0.2) is 0 Å². The largest absolute Gasteiger partial charge is 0.396 e. The highest BCUT2D eigenvalue weighted by atomic mass is 32.1. The predicted molar refractivity (Wildman–Crippen MR) is 76.4 cm³/mol. The van der Waals surface area contributed by atoms with Crippen molar-refractivity contribution in [3.8, 4) is 6.07 Å². The molecular weight excluding hydrogens is 262 g/mol. The van der Waals surface area contributed by atoms with Gasteiger partial charge in [0, 0.05) is 13.1 Å². The monoisotopic (exact) mass is 279 g/mol. The van der Waals surface area contributed by atoms with E-state index in [-0.39, 0.29) is 11.6 Å². The van der Waals surface area contributed by atoms with Gasteiger partial charge in [0.2, 0.25) is 0 Å². The van der Waals surface area contributed by atoms with Crippen LogP contribution in [0.15, 0.2) is 0 Å². The number of carbonyl (C=O) groups excluding carboxylic acids is 1. The molecule has 1 aromatic heterocycles. The van der Waals surface area contributed by atoms with Crippen LogP contribution in [0.5, 0.6) is 0 Å². The second-order valence-corrected chi connectivity index (χ2v) is 5.43. The lowest BCUT2D eigenvalue weighted by molar-refractivity contribution is 0.0968. The van der Waals surface area contributed by atoms with E-state index in [1.807, 2.05) is 0 Å². The predicted octanol–water partition coefficient (Wildman–Crippen LogP) is 0.725. The summed E-state index contributed by atoms with van der Waals surface area (Å²) in [5.74, 6) is -0.252. The van der Waals surface area contributed by atoms with Crippen LogP contribution in [0.1, 0.15) is 28.1 Å². The molecule has 1 aliphatic heterocycles. The number of rotatable bonds is 3. The van der Waals surface area contributed by atoms with Crippen molar-refractivity contribution < 1.29 is 4.79 Å². The fourth-order valence-corrected chi connectivity index (χ4v) is 3.18. The molecule has 0 saturated carbocycles. The zero-order chi connectivity index (χ0) is 13.8. The summed E-state index contributed by atoms with van der Waals surface area (Å²) in [6, 6.07) is 2.40. The van der Waals surface area contributed by atoms with Gasteiger partial charge in [-0.1, -0.05) is 0 Å². The summed E-state index contributed by atoms with van der Waals surface area (Å²) in [7, 11) is 1.55. The summed E-state index contributed by atoms with van der Waals surface area (Å²) in [6.45, 7) is 1.92. The van der Waals surface area contributed by atoms with E-state index in [4.69, 9.17) is 5.73 Å². The van der Waals surface area contributed by atoms with Gasteiger partial charge in [0.1, 0.15) is 21.5 Å². The van der Waals surface area contributed by atoms with E-state index >= 15 is 0 Å². The van der Waals surface area contributed by atoms with E-state index in [2.05, 4.69) is 22.0 Å². The minimum Gasteiger partial charge on any atom is -0.396 e. The third-order valence-electron chi connectivity index (χ3n) is 3.16.